The quantitative estimate of drug-likeness (QED) is 0.816. The molecular weight excluding hydrogens is 365 g/mol. The van der Waals surface area contributed by atoms with E-state index in [1.165, 1.54) is 22.5 Å². The minimum absolute atomic E-state index is 0.0158. The molecular formula is C13H13Cl2N3O4S. The Morgan fingerprint density at radius 1 is 1.26 bits per heavy atom. The van der Waals surface area contributed by atoms with Crippen LogP contribution in [0.15, 0.2) is 27.6 Å². The van der Waals surface area contributed by atoms with Crippen molar-refractivity contribution in [1.82, 2.24) is 14.4 Å². The van der Waals surface area contributed by atoms with Crippen molar-refractivity contribution in [1.29, 1.82) is 0 Å². The molecule has 1 saturated heterocycles. The second-order valence-electron chi connectivity index (χ2n) is 4.98. The van der Waals surface area contributed by atoms with Crippen LogP contribution in [0.25, 0.3) is 0 Å². The zero-order valence-corrected chi connectivity index (χ0v) is 14.4. The highest BCUT2D eigenvalue weighted by Gasteiger charge is 2.37. The first-order valence-corrected chi connectivity index (χ1v) is 8.93. The molecule has 124 valence electrons. The van der Waals surface area contributed by atoms with Crippen molar-refractivity contribution in [2.45, 2.75) is 17.9 Å². The maximum Gasteiger partial charge on any atom is 0.244 e. The van der Waals surface area contributed by atoms with Crippen molar-refractivity contribution in [2.24, 2.45) is 0 Å². The van der Waals surface area contributed by atoms with Crippen LogP contribution in [-0.2, 0) is 14.8 Å². The van der Waals surface area contributed by atoms with Gasteiger partial charge in [0.05, 0.1) is 18.1 Å². The van der Waals surface area contributed by atoms with E-state index in [1.807, 2.05) is 0 Å². The second kappa shape index (κ2) is 6.37. The van der Waals surface area contributed by atoms with E-state index in [0.717, 1.165) is 0 Å². The summed E-state index contributed by atoms with van der Waals surface area (Å²) in [6, 6.07) is 3.53. The summed E-state index contributed by atoms with van der Waals surface area (Å²) in [6.07, 6.45) is 0. The number of hydrogen-bond donors (Lipinski definition) is 0. The lowest BCUT2D eigenvalue weighted by atomic mass is 10.2. The van der Waals surface area contributed by atoms with Gasteiger partial charge in [0, 0.05) is 23.5 Å². The molecule has 2 heterocycles. The third-order valence-electron chi connectivity index (χ3n) is 3.36. The first-order chi connectivity index (χ1) is 10.9. The molecule has 23 heavy (non-hydrogen) atoms. The molecule has 1 aromatic heterocycles. The van der Waals surface area contributed by atoms with E-state index in [1.54, 1.807) is 6.92 Å². The van der Waals surface area contributed by atoms with Crippen molar-refractivity contribution in [3.05, 3.63) is 40.0 Å². The number of rotatable bonds is 3. The van der Waals surface area contributed by atoms with Crippen LogP contribution in [-0.4, -0.2) is 42.6 Å². The Hall–Kier alpha value is -1.19. The average molecular weight is 378 g/mol. The molecule has 1 atom stereocenters. The minimum Gasteiger partial charge on any atom is -0.378 e. The van der Waals surface area contributed by atoms with E-state index in [0.29, 0.717) is 5.89 Å². The number of sulfonamides is 1. The van der Waals surface area contributed by atoms with Crippen LogP contribution in [0.4, 0.5) is 0 Å². The van der Waals surface area contributed by atoms with Gasteiger partial charge in [0.15, 0.2) is 5.82 Å². The normalized spacial score (nSPS) is 19.9. The Morgan fingerprint density at radius 2 is 1.96 bits per heavy atom. The van der Waals surface area contributed by atoms with Crippen LogP contribution in [0.2, 0.25) is 10.0 Å². The Kier molecular flexibility index (Phi) is 4.61. The fraction of sp³-hybridized carbons (Fsp3) is 0.385. The van der Waals surface area contributed by atoms with Gasteiger partial charge in [0.2, 0.25) is 15.9 Å². The summed E-state index contributed by atoms with van der Waals surface area (Å²) in [5, 5.41) is 4.30. The predicted molar refractivity (Wildman–Crippen MR) is 82.9 cm³/mol. The number of benzene rings is 1. The summed E-state index contributed by atoms with van der Waals surface area (Å²) in [6.45, 7) is 2.23. The number of morpholine rings is 1. The van der Waals surface area contributed by atoms with Crippen LogP contribution in [0.3, 0.4) is 0 Å². The predicted octanol–water partition coefficient (Wildman–Crippen LogP) is 2.45. The van der Waals surface area contributed by atoms with Gasteiger partial charge in [-0.15, -0.1) is 0 Å². The Labute approximate surface area is 143 Å². The van der Waals surface area contributed by atoms with E-state index < -0.39 is 16.1 Å². The largest absolute Gasteiger partial charge is 0.378 e. The van der Waals surface area contributed by atoms with Crippen LogP contribution in [0.1, 0.15) is 17.8 Å². The molecule has 0 saturated carbocycles. The summed E-state index contributed by atoms with van der Waals surface area (Å²) >= 11 is 11.8. The molecule has 0 bridgehead atoms. The molecule has 7 nitrogen and oxygen atoms in total. The van der Waals surface area contributed by atoms with Crippen molar-refractivity contribution < 1.29 is 17.7 Å². The lowest BCUT2D eigenvalue weighted by Gasteiger charge is -2.32. The van der Waals surface area contributed by atoms with E-state index in [9.17, 15) is 8.42 Å². The van der Waals surface area contributed by atoms with E-state index in [2.05, 4.69) is 10.1 Å². The molecule has 1 aromatic carbocycles. The summed E-state index contributed by atoms with van der Waals surface area (Å²) in [4.78, 5) is 4.13. The molecule has 10 heteroatoms. The van der Waals surface area contributed by atoms with Gasteiger partial charge in [-0.3, -0.25) is 0 Å². The molecule has 0 unspecified atom stereocenters. The molecule has 0 amide bonds. The van der Waals surface area contributed by atoms with Crippen LogP contribution >= 0.6 is 23.2 Å². The number of aromatic nitrogens is 2. The van der Waals surface area contributed by atoms with Crippen molar-refractivity contribution in [3.63, 3.8) is 0 Å². The molecule has 1 aliphatic heterocycles. The average Bonchev–Trinajstić information content (AvgIpc) is 2.93. The zero-order valence-electron chi connectivity index (χ0n) is 12.1. The van der Waals surface area contributed by atoms with Crippen LogP contribution in [0, 0.1) is 6.92 Å². The number of nitrogens with zero attached hydrogens (tertiary/aromatic N) is 3. The monoisotopic (exact) mass is 377 g/mol. The first kappa shape index (κ1) is 16.7. The smallest absolute Gasteiger partial charge is 0.244 e. The summed E-state index contributed by atoms with van der Waals surface area (Å²) in [5.41, 5.74) is 0. The molecule has 1 aliphatic rings. The van der Waals surface area contributed by atoms with Gasteiger partial charge in [-0.1, -0.05) is 28.4 Å². The number of hydrogen-bond acceptors (Lipinski definition) is 6. The molecule has 1 fully saturated rings. The van der Waals surface area contributed by atoms with Crippen LogP contribution in [0.5, 0.6) is 0 Å². The molecule has 0 aliphatic carbocycles. The van der Waals surface area contributed by atoms with Gasteiger partial charge in [0.25, 0.3) is 0 Å². The van der Waals surface area contributed by atoms with Gasteiger partial charge in [-0.05, 0) is 18.2 Å². The fourth-order valence-electron chi connectivity index (χ4n) is 2.34. The Balaban J connectivity index is 2.02. The number of aryl methyl sites for hydroxylation is 1. The van der Waals surface area contributed by atoms with Crippen molar-refractivity contribution in [3.8, 4) is 0 Å². The van der Waals surface area contributed by atoms with Gasteiger partial charge < -0.3 is 9.26 Å². The van der Waals surface area contributed by atoms with Gasteiger partial charge in [-0.25, -0.2) is 8.42 Å². The third kappa shape index (κ3) is 3.36. The van der Waals surface area contributed by atoms with Gasteiger partial charge in [0.1, 0.15) is 6.04 Å². The molecule has 0 radical (unpaired) electrons. The lowest BCUT2D eigenvalue weighted by Crippen LogP contribution is -2.43. The zero-order chi connectivity index (χ0) is 16.6. The summed E-state index contributed by atoms with van der Waals surface area (Å²) < 4.78 is 37.5. The van der Waals surface area contributed by atoms with Crippen molar-refractivity contribution >= 4 is 33.2 Å². The van der Waals surface area contributed by atoms with Crippen LogP contribution < -0.4 is 0 Å². The van der Waals surface area contributed by atoms with E-state index in [4.69, 9.17) is 32.5 Å². The van der Waals surface area contributed by atoms with E-state index in [-0.39, 0.29) is 40.5 Å². The second-order valence-corrected chi connectivity index (χ2v) is 7.75. The maximum atomic E-state index is 12.9. The van der Waals surface area contributed by atoms with E-state index >= 15 is 0 Å². The molecule has 2 aromatic rings. The first-order valence-electron chi connectivity index (χ1n) is 6.74. The number of ether oxygens (including phenoxy) is 1. The maximum absolute atomic E-state index is 12.9. The number of halogens is 2. The Bertz CT molecular complexity index is 804. The van der Waals surface area contributed by atoms with Gasteiger partial charge in [-0.2, -0.15) is 9.29 Å². The topological polar surface area (TPSA) is 85.5 Å². The molecule has 0 spiro atoms. The SMILES string of the molecule is Cc1nc([C@@H]2COCCN2S(=O)(=O)c2cc(Cl)cc(Cl)c2)no1. The minimum atomic E-state index is -3.83. The highest BCUT2D eigenvalue weighted by atomic mass is 35.5. The standard InChI is InChI=1S/C13H13Cl2N3O4S/c1-8-16-13(17-22-8)12-7-21-3-2-18(12)23(19,20)11-5-9(14)4-10(15)6-11/h4-6,12H,2-3,7H2,1H3/t12-/m0/s1. The van der Waals surface area contributed by atoms with Gasteiger partial charge >= 0.3 is 0 Å². The molecule has 3 rings (SSSR count). The lowest BCUT2D eigenvalue weighted by molar-refractivity contribution is 0.0282. The fourth-order valence-corrected chi connectivity index (χ4v) is 4.63. The third-order valence-corrected chi connectivity index (χ3v) is 5.69. The highest BCUT2D eigenvalue weighted by molar-refractivity contribution is 7.89. The summed E-state index contributed by atoms with van der Waals surface area (Å²) in [5.74, 6) is 0.618. The highest BCUT2D eigenvalue weighted by Crippen LogP contribution is 2.31. The summed E-state index contributed by atoms with van der Waals surface area (Å²) in [7, 11) is -3.83. The van der Waals surface area contributed by atoms with Crippen molar-refractivity contribution in [2.75, 3.05) is 19.8 Å². The molecule has 0 N–H and O–H groups in total. The Morgan fingerprint density at radius 3 is 2.57 bits per heavy atom.